The van der Waals surface area contributed by atoms with Crippen LogP contribution < -0.4 is 11.1 Å². The first-order valence-electron chi connectivity index (χ1n) is 11.9. The molecular weight excluding hydrogens is 446 g/mol. The molecule has 9 nitrogen and oxygen atoms in total. The minimum Gasteiger partial charge on any atom is -0.372 e. The lowest BCUT2D eigenvalue weighted by molar-refractivity contribution is -0.135. The molecule has 0 fully saturated rings. The van der Waals surface area contributed by atoms with Gasteiger partial charge in [0.1, 0.15) is 11.5 Å². The number of hydrogen-bond acceptors (Lipinski definition) is 5. The molecule has 9 heteroatoms. The van der Waals surface area contributed by atoms with Gasteiger partial charge in [0, 0.05) is 36.8 Å². The van der Waals surface area contributed by atoms with Crippen LogP contribution in [0.2, 0.25) is 0 Å². The molecule has 0 aliphatic carbocycles. The normalized spacial score (nSPS) is 15.2. The van der Waals surface area contributed by atoms with Crippen molar-refractivity contribution in [3.05, 3.63) is 40.7 Å². The second-order valence-electron chi connectivity index (χ2n) is 8.99. The van der Waals surface area contributed by atoms with Crippen molar-refractivity contribution in [2.24, 2.45) is 5.73 Å². The van der Waals surface area contributed by atoms with Crippen molar-refractivity contribution in [2.45, 2.75) is 65.1 Å². The minimum atomic E-state index is -1.43. The van der Waals surface area contributed by atoms with E-state index in [0.717, 1.165) is 30.4 Å². The molecule has 0 spiro atoms. The first kappa shape index (κ1) is 26.0. The monoisotopic (exact) mass is 479 g/mol. The minimum absolute atomic E-state index is 0.0514. The number of likely N-dealkylation sites (N-methyl/N-ethyl adjacent to an activating group) is 1. The molecule has 1 aromatic carbocycles. The van der Waals surface area contributed by atoms with Gasteiger partial charge in [-0.1, -0.05) is 24.8 Å². The molecule has 1 aliphatic rings. The lowest BCUT2D eigenvalue weighted by Gasteiger charge is -2.20. The average Bonchev–Trinajstić information content (AvgIpc) is 3.16. The van der Waals surface area contributed by atoms with E-state index >= 15 is 0 Å². The molecule has 2 aromatic rings. The predicted octanol–water partition coefficient (Wildman–Crippen LogP) is 1.88. The summed E-state index contributed by atoms with van der Waals surface area (Å²) in [5.74, 6) is 4.32. The average molecular weight is 480 g/mol. The second-order valence-corrected chi connectivity index (χ2v) is 8.99. The van der Waals surface area contributed by atoms with Gasteiger partial charge in [-0.25, -0.2) is 4.98 Å². The summed E-state index contributed by atoms with van der Waals surface area (Å²) in [5.41, 5.74) is 8.06. The van der Waals surface area contributed by atoms with Gasteiger partial charge in [0.05, 0.1) is 0 Å². The summed E-state index contributed by atoms with van der Waals surface area (Å²) >= 11 is 0. The van der Waals surface area contributed by atoms with Gasteiger partial charge in [-0.05, 0) is 57.7 Å². The second kappa shape index (κ2) is 10.7. The van der Waals surface area contributed by atoms with Gasteiger partial charge in [0.15, 0.2) is 11.8 Å². The number of aliphatic hydroxyl groups excluding tert-OH is 1. The van der Waals surface area contributed by atoms with Crippen molar-refractivity contribution in [3.8, 4) is 23.2 Å². The molecule has 1 aliphatic heterocycles. The Morgan fingerprint density at radius 3 is 2.63 bits per heavy atom. The number of nitrogens with one attached hydrogen (secondary N) is 1. The smallest absolute Gasteiger partial charge is 0.270 e. The zero-order valence-corrected chi connectivity index (χ0v) is 20.9. The Bertz CT molecular complexity index is 1200. The summed E-state index contributed by atoms with van der Waals surface area (Å²) in [4.78, 5) is 43.5. The molecule has 4 N–H and O–H groups in total. The van der Waals surface area contributed by atoms with Gasteiger partial charge >= 0.3 is 0 Å². The zero-order chi connectivity index (χ0) is 25.9. The van der Waals surface area contributed by atoms with E-state index in [-0.39, 0.29) is 23.5 Å². The Labute approximate surface area is 205 Å². The number of carbonyl (C=O) groups is 3. The summed E-state index contributed by atoms with van der Waals surface area (Å²) in [6.45, 7) is 7.99. The number of benzene rings is 1. The predicted molar refractivity (Wildman–Crippen MR) is 133 cm³/mol. The number of amides is 3. The number of carbonyl (C=O) groups excluding carboxylic acids is 3. The lowest BCUT2D eigenvalue weighted by atomic mass is 9.99. The van der Waals surface area contributed by atoms with Crippen LogP contribution in [0.4, 0.5) is 0 Å². The number of aliphatic hydroxyl groups is 1. The fraction of sp³-hybridized carbons (Fsp3) is 0.462. The number of hydrogen-bond donors (Lipinski definition) is 3. The van der Waals surface area contributed by atoms with E-state index < -0.39 is 23.8 Å². The van der Waals surface area contributed by atoms with Crippen molar-refractivity contribution in [1.82, 2.24) is 19.8 Å². The third kappa shape index (κ3) is 5.38. The summed E-state index contributed by atoms with van der Waals surface area (Å²) in [6.07, 6.45) is 0.820. The number of nitrogens with two attached hydrogens (primary N) is 1. The van der Waals surface area contributed by atoms with Gasteiger partial charge < -0.3 is 25.6 Å². The lowest BCUT2D eigenvalue weighted by Crippen LogP contribution is -2.35. The number of aryl methyl sites for hydroxylation is 1. The van der Waals surface area contributed by atoms with Crippen LogP contribution in [0.3, 0.4) is 0 Å². The van der Waals surface area contributed by atoms with Crippen LogP contribution in [0, 0.1) is 11.8 Å². The molecule has 0 radical (unpaired) electrons. The topological polar surface area (TPSA) is 131 Å². The maximum absolute atomic E-state index is 13.1. The van der Waals surface area contributed by atoms with Crippen LogP contribution in [0.15, 0.2) is 18.2 Å². The first-order chi connectivity index (χ1) is 16.6. The molecule has 0 saturated carbocycles. The van der Waals surface area contributed by atoms with Crippen LogP contribution in [-0.4, -0.2) is 63.0 Å². The number of fused-ring (bicyclic) bond motifs is 3. The highest BCUT2D eigenvalue weighted by Crippen LogP contribution is 2.37. The van der Waals surface area contributed by atoms with Gasteiger partial charge in [-0.15, -0.1) is 0 Å². The van der Waals surface area contributed by atoms with E-state index in [4.69, 9.17) is 5.73 Å². The van der Waals surface area contributed by atoms with E-state index in [1.807, 2.05) is 50.5 Å². The van der Waals surface area contributed by atoms with Gasteiger partial charge in [-0.2, -0.15) is 0 Å². The SMILES string of the molecule is CCC1CCc2ccc(C#CC(O)C(=O)N(C)CC)cc2-c2nc(C(N)=O)c(C(=O)NC(C)C)n21. The Hall–Kier alpha value is -3.64. The Morgan fingerprint density at radius 2 is 2.03 bits per heavy atom. The number of primary amides is 1. The van der Waals surface area contributed by atoms with Crippen LogP contribution in [0.25, 0.3) is 11.4 Å². The zero-order valence-electron chi connectivity index (χ0n) is 20.9. The highest BCUT2D eigenvalue weighted by Gasteiger charge is 2.32. The van der Waals surface area contributed by atoms with Gasteiger partial charge in [-0.3, -0.25) is 14.4 Å². The Balaban J connectivity index is 2.15. The quantitative estimate of drug-likeness (QED) is 0.545. The molecule has 2 unspecified atom stereocenters. The van der Waals surface area contributed by atoms with Crippen LogP contribution >= 0.6 is 0 Å². The molecule has 2 heterocycles. The fourth-order valence-electron chi connectivity index (χ4n) is 4.19. The number of rotatable bonds is 6. The van der Waals surface area contributed by atoms with Crippen molar-refractivity contribution in [2.75, 3.05) is 13.6 Å². The molecule has 2 atom stereocenters. The third-order valence-corrected chi connectivity index (χ3v) is 6.15. The molecule has 186 valence electrons. The number of imidazole rings is 1. The number of aromatic nitrogens is 2. The van der Waals surface area contributed by atoms with Crippen LogP contribution in [-0.2, 0) is 11.2 Å². The van der Waals surface area contributed by atoms with E-state index in [2.05, 4.69) is 22.1 Å². The third-order valence-electron chi connectivity index (χ3n) is 6.15. The summed E-state index contributed by atoms with van der Waals surface area (Å²) in [5, 5.41) is 13.0. The molecule has 0 saturated heterocycles. The molecule has 3 rings (SSSR count). The summed E-state index contributed by atoms with van der Waals surface area (Å²) in [7, 11) is 1.60. The highest BCUT2D eigenvalue weighted by molar-refractivity contribution is 6.05. The highest BCUT2D eigenvalue weighted by atomic mass is 16.3. The largest absolute Gasteiger partial charge is 0.372 e. The maximum atomic E-state index is 13.1. The Morgan fingerprint density at radius 1 is 1.31 bits per heavy atom. The fourth-order valence-corrected chi connectivity index (χ4v) is 4.19. The first-order valence-corrected chi connectivity index (χ1v) is 11.9. The molecular formula is C26H33N5O4. The van der Waals surface area contributed by atoms with Crippen molar-refractivity contribution >= 4 is 17.7 Å². The van der Waals surface area contributed by atoms with Crippen LogP contribution in [0.1, 0.15) is 78.7 Å². The van der Waals surface area contributed by atoms with Gasteiger partial charge in [0.25, 0.3) is 17.7 Å². The molecule has 1 aromatic heterocycles. The summed E-state index contributed by atoms with van der Waals surface area (Å²) < 4.78 is 1.83. The molecule has 0 bridgehead atoms. The Kier molecular flexibility index (Phi) is 7.97. The van der Waals surface area contributed by atoms with Crippen molar-refractivity contribution in [1.29, 1.82) is 0 Å². The summed E-state index contributed by atoms with van der Waals surface area (Å²) in [6, 6.07) is 5.39. The van der Waals surface area contributed by atoms with Crippen LogP contribution in [0.5, 0.6) is 0 Å². The van der Waals surface area contributed by atoms with Crippen molar-refractivity contribution < 1.29 is 19.5 Å². The van der Waals surface area contributed by atoms with E-state index in [9.17, 15) is 19.5 Å². The van der Waals surface area contributed by atoms with E-state index in [0.29, 0.717) is 17.9 Å². The standard InChI is InChI=1S/C26H33N5O4/c1-6-18-12-11-17-10-8-16(9-13-20(32)26(35)30(5)7-2)14-19(17)24-29-21(23(27)33)22(31(18)24)25(34)28-15(3)4/h8,10,14-15,18,20,32H,6-7,11-12H2,1-5H3,(H2,27,33)(H,28,34). The molecule has 3 amide bonds. The molecule has 35 heavy (non-hydrogen) atoms. The van der Waals surface area contributed by atoms with Crippen molar-refractivity contribution in [3.63, 3.8) is 0 Å². The van der Waals surface area contributed by atoms with Gasteiger partial charge in [0.2, 0.25) is 0 Å². The van der Waals surface area contributed by atoms with E-state index in [1.165, 1.54) is 4.90 Å². The van der Waals surface area contributed by atoms with E-state index in [1.54, 1.807) is 7.05 Å². The maximum Gasteiger partial charge on any atom is 0.270 e. The number of nitrogens with zero attached hydrogens (tertiary/aromatic N) is 3.